The van der Waals surface area contributed by atoms with Crippen molar-refractivity contribution in [1.29, 1.82) is 0 Å². The van der Waals surface area contributed by atoms with Crippen molar-refractivity contribution >= 4 is 17.5 Å². The summed E-state index contributed by atoms with van der Waals surface area (Å²) in [7, 11) is 0. The van der Waals surface area contributed by atoms with Crippen molar-refractivity contribution < 1.29 is 29.3 Å². The third kappa shape index (κ3) is 3.39. The summed E-state index contributed by atoms with van der Waals surface area (Å²) >= 11 is 0. The molecule has 0 spiro atoms. The minimum absolute atomic E-state index is 0.0297. The molecule has 2 aromatic rings. The van der Waals surface area contributed by atoms with E-state index in [1.807, 2.05) is 6.92 Å². The molecule has 4 rings (SSSR count). The topological polar surface area (TPSA) is 127 Å². The first-order valence-corrected chi connectivity index (χ1v) is 9.69. The number of carbonyl (C=O) groups excluding carboxylic acids is 3. The summed E-state index contributed by atoms with van der Waals surface area (Å²) in [5, 5.41) is 20.5. The largest absolute Gasteiger partial charge is 0.511 e. The number of phenols is 1. The maximum absolute atomic E-state index is 12.9. The van der Waals surface area contributed by atoms with Gasteiger partial charge >= 0.3 is 5.97 Å². The number of ether oxygens (including phenoxy) is 1. The Bertz CT molecular complexity index is 1210. The zero-order chi connectivity index (χ0) is 22.4. The van der Waals surface area contributed by atoms with E-state index in [0.717, 1.165) is 17.5 Å². The van der Waals surface area contributed by atoms with Crippen LogP contribution in [0.15, 0.2) is 41.7 Å². The first-order chi connectivity index (χ1) is 14.7. The van der Waals surface area contributed by atoms with Crippen LogP contribution in [0.25, 0.3) is 0 Å². The maximum atomic E-state index is 12.9. The molecule has 31 heavy (non-hydrogen) atoms. The normalized spacial score (nSPS) is 19.8. The molecule has 2 N–H and O–H groups in total. The van der Waals surface area contributed by atoms with Crippen molar-refractivity contribution in [1.82, 2.24) is 9.97 Å². The molecule has 0 amide bonds. The minimum Gasteiger partial charge on any atom is -0.511 e. The molecule has 1 aromatic heterocycles. The van der Waals surface area contributed by atoms with Crippen LogP contribution in [0.1, 0.15) is 43.5 Å². The summed E-state index contributed by atoms with van der Waals surface area (Å²) in [5.74, 6) is -4.77. The van der Waals surface area contributed by atoms with Crippen LogP contribution < -0.4 is 0 Å². The average Bonchev–Trinajstić information content (AvgIpc) is 2.72. The van der Waals surface area contributed by atoms with Gasteiger partial charge in [0, 0.05) is 5.56 Å². The van der Waals surface area contributed by atoms with Crippen LogP contribution in [0.2, 0.25) is 0 Å². The summed E-state index contributed by atoms with van der Waals surface area (Å²) < 4.78 is 5.32. The van der Waals surface area contributed by atoms with Crippen LogP contribution in [0.4, 0.5) is 0 Å². The summed E-state index contributed by atoms with van der Waals surface area (Å²) in [6.45, 7) is 5.28. The van der Waals surface area contributed by atoms with Crippen molar-refractivity contribution in [2.75, 3.05) is 0 Å². The molecule has 8 nitrogen and oxygen atoms in total. The van der Waals surface area contributed by atoms with Crippen LogP contribution in [0.5, 0.6) is 5.75 Å². The molecule has 8 heteroatoms. The van der Waals surface area contributed by atoms with E-state index in [1.54, 1.807) is 13.8 Å². The Kier molecular flexibility index (Phi) is 4.93. The number of benzene rings is 1. The number of aromatic hydroxyl groups is 1. The van der Waals surface area contributed by atoms with E-state index in [1.165, 1.54) is 24.3 Å². The van der Waals surface area contributed by atoms with Gasteiger partial charge in [-0.3, -0.25) is 19.6 Å². The van der Waals surface area contributed by atoms with Gasteiger partial charge in [0.15, 0.2) is 11.6 Å². The van der Waals surface area contributed by atoms with Crippen LogP contribution in [-0.2, 0) is 16.1 Å². The lowest BCUT2D eigenvalue weighted by molar-refractivity contribution is -0.140. The van der Waals surface area contributed by atoms with E-state index in [2.05, 4.69) is 9.97 Å². The fourth-order valence-electron chi connectivity index (χ4n) is 3.88. The van der Waals surface area contributed by atoms with Gasteiger partial charge in [0.25, 0.3) is 0 Å². The smallest absolute Gasteiger partial charge is 0.338 e. The predicted octanol–water partition coefficient (Wildman–Crippen LogP) is 2.84. The molecule has 0 aliphatic heterocycles. The van der Waals surface area contributed by atoms with Gasteiger partial charge in [0.2, 0.25) is 0 Å². The van der Waals surface area contributed by atoms with Crippen molar-refractivity contribution in [3.8, 4) is 5.75 Å². The summed E-state index contributed by atoms with van der Waals surface area (Å²) in [4.78, 5) is 47.1. The lowest BCUT2D eigenvalue weighted by Gasteiger charge is -2.31. The number of nitrogens with zero attached hydrogens (tertiary/aromatic N) is 2. The van der Waals surface area contributed by atoms with Gasteiger partial charge in [-0.2, -0.15) is 0 Å². The lowest BCUT2D eigenvalue weighted by Crippen LogP contribution is -2.38. The molecule has 0 radical (unpaired) electrons. The van der Waals surface area contributed by atoms with Gasteiger partial charge < -0.3 is 14.9 Å². The Hall–Kier alpha value is -3.81. The number of allylic oxidation sites excluding steroid dienone is 2. The molecular weight excluding hydrogens is 400 g/mol. The Morgan fingerprint density at radius 3 is 2.48 bits per heavy atom. The maximum Gasteiger partial charge on any atom is 0.338 e. The van der Waals surface area contributed by atoms with Crippen molar-refractivity contribution in [3.05, 3.63) is 75.6 Å². The van der Waals surface area contributed by atoms with Crippen LogP contribution in [0.3, 0.4) is 0 Å². The number of ketones is 2. The molecule has 0 saturated heterocycles. The van der Waals surface area contributed by atoms with E-state index < -0.39 is 35.1 Å². The molecule has 158 valence electrons. The average molecular weight is 420 g/mol. The number of aliphatic hydroxyl groups is 1. The molecule has 0 saturated carbocycles. The third-order valence-electron chi connectivity index (χ3n) is 5.63. The summed E-state index contributed by atoms with van der Waals surface area (Å²) in [6, 6.07) is 4.21. The Balaban J connectivity index is 1.60. The highest BCUT2D eigenvalue weighted by Crippen LogP contribution is 2.41. The van der Waals surface area contributed by atoms with Crippen LogP contribution >= 0.6 is 0 Å². The highest BCUT2D eigenvalue weighted by Gasteiger charge is 2.46. The first kappa shape index (κ1) is 20.5. The first-order valence-electron chi connectivity index (χ1n) is 9.69. The number of Topliss-reactive ketones (excluding diaryl/α,β-unsaturated/α-hetero) is 2. The Morgan fingerprint density at radius 2 is 1.74 bits per heavy atom. The number of fused-ring (bicyclic) bond motifs is 2. The van der Waals surface area contributed by atoms with Gasteiger partial charge in [-0.1, -0.05) is 18.2 Å². The van der Waals surface area contributed by atoms with Gasteiger partial charge in [-0.05, 0) is 32.9 Å². The van der Waals surface area contributed by atoms with Crippen LogP contribution in [0, 0.1) is 32.6 Å². The van der Waals surface area contributed by atoms with Gasteiger partial charge in [0.05, 0.1) is 45.7 Å². The molecule has 2 unspecified atom stereocenters. The predicted molar refractivity (Wildman–Crippen MR) is 109 cm³/mol. The van der Waals surface area contributed by atoms with Gasteiger partial charge in [-0.25, -0.2) is 4.79 Å². The number of aryl methyl sites for hydroxylation is 3. The van der Waals surface area contributed by atoms with Crippen molar-refractivity contribution in [3.63, 3.8) is 0 Å². The number of phenolic OH excluding ortho intramolecular Hbond substituents is 1. The zero-order valence-electron chi connectivity index (χ0n) is 17.2. The number of hydrogen-bond acceptors (Lipinski definition) is 8. The van der Waals surface area contributed by atoms with Gasteiger partial charge in [0.1, 0.15) is 18.1 Å². The monoisotopic (exact) mass is 420 g/mol. The van der Waals surface area contributed by atoms with Crippen LogP contribution in [-0.4, -0.2) is 37.7 Å². The Morgan fingerprint density at radius 1 is 1.03 bits per heavy atom. The number of aliphatic hydroxyl groups excluding tert-OH is 1. The van der Waals surface area contributed by atoms with Crippen molar-refractivity contribution in [2.45, 2.75) is 27.4 Å². The molecule has 2 atom stereocenters. The fraction of sp³-hybridized carbons (Fsp3) is 0.261. The molecule has 0 fully saturated rings. The summed E-state index contributed by atoms with van der Waals surface area (Å²) in [6.07, 6.45) is 2.46. The van der Waals surface area contributed by atoms with Gasteiger partial charge in [-0.15, -0.1) is 0 Å². The molecule has 2 aliphatic rings. The zero-order valence-corrected chi connectivity index (χ0v) is 17.2. The molecule has 0 bridgehead atoms. The molecule has 1 heterocycles. The second kappa shape index (κ2) is 7.46. The standard InChI is InChI=1S/C23H20N2O6/c1-10-11(2)25-16(12(3)24-10)9-31-23(30)13-7-15-20(18(27)8-13)22(29)19-14(21(15)28)5-4-6-17(19)26/h4-8,15,20,26-27H,9H2,1-3H3. The van der Waals surface area contributed by atoms with Crippen molar-refractivity contribution in [2.24, 2.45) is 11.8 Å². The number of aromatic nitrogens is 2. The van der Waals surface area contributed by atoms with E-state index in [9.17, 15) is 24.6 Å². The number of hydrogen-bond donors (Lipinski definition) is 2. The van der Waals surface area contributed by atoms with E-state index in [4.69, 9.17) is 4.74 Å². The number of rotatable bonds is 3. The number of carbonyl (C=O) groups is 3. The highest BCUT2D eigenvalue weighted by molar-refractivity contribution is 6.19. The van der Waals surface area contributed by atoms with E-state index in [-0.39, 0.29) is 29.1 Å². The molecule has 1 aromatic carbocycles. The third-order valence-corrected chi connectivity index (χ3v) is 5.63. The van der Waals surface area contributed by atoms with E-state index in [0.29, 0.717) is 11.4 Å². The SMILES string of the molecule is Cc1nc(C)c(COC(=O)C2=CC3C(=O)c4cccc(O)c4C(=O)C3C(O)=C2)nc1C. The second-order valence-electron chi connectivity index (χ2n) is 7.63. The quantitative estimate of drug-likeness (QED) is 0.726. The second-order valence-corrected chi connectivity index (χ2v) is 7.63. The minimum atomic E-state index is -1.18. The molecule has 2 aliphatic carbocycles. The molecular formula is C23H20N2O6. The number of esters is 1. The fourth-order valence-corrected chi connectivity index (χ4v) is 3.88. The summed E-state index contributed by atoms with van der Waals surface area (Å²) in [5.41, 5.74) is 2.57. The Labute approximate surface area is 177 Å². The highest BCUT2D eigenvalue weighted by atomic mass is 16.5. The lowest BCUT2D eigenvalue weighted by atomic mass is 9.70. The van der Waals surface area contributed by atoms with E-state index >= 15 is 0 Å².